The van der Waals surface area contributed by atoms with Gasteiger partial charge in [-0.25, -0.2) is 0 Å². The molecule has 3 nitrogen and oxygen atoms in total. The smallest absolute Gasteiger partial charge is 0.103 e. The van der Waals surface area contributed by atoms with Crippen LogP contribution < -0.4 is 4.90 Å². The normalized spacial score (nSPS) is 9.60. The second kappa shape index (κ2) is 6.14. The Kier molecular flexibility index (Phi) is 4.30. The van der Waals surface area contributed by atoms with E-state index in [-0.39, 0.29) is 0 Å². The molecule has 2 aromatic carbocycles. The summed E-state index contributed by atoms with van der Waals surface area (Å²) in [4.78, 5) is 2.92. The van der Waals surface area contributed by atoms with Crippen LogP contribution in [0.2, 0.25) is 0 Å². The van der Waals surface area contributed by atoms with Gasteiger partial charge in [-0.15, -0.1) is 11.8 Å². The van der Waals surface area contributed by atoms with Crippen molar-refractivity contribution in [2.45, 2.75) is 4.90 Å². The van der Waals surface area contributed by atoms with Gasteiger partial charge in [-0.2, -0.15) is 10.5 Å². The highest BCUT2D eigenvalue weighted by atomic mass is 32.2. The van der Waals surface area contributed by atoms with Crippen LogP contribution in [0, 0.1) is 22.7 Å². The van der Waals surface area contributed by atoms with Gasteiger partial charge in [0.05, 0.1) is 22.9 Å². The maximum Gasteiger partial charge on any atom is 0.103 e. The minimum absolute atomic E-state index is 0.625. The van der Waals surface area contributed by atoms with Crippen LogP contribution in [0.25, 0.3) is 0 Å². The quantitative estimate of drug-likeness (QED) is 0.799. The predicted octanol–water partition coefficient (Wildman–Crippen LogP) is 3.92. The Bertz CT molecular complexity index is 693. The van der Waals surface area contributed by atoms with E-state index in [9.17, 15) is 5.26 Å². The number of hydrogen-bond acceptors (Lipinski definition) is 4. The topological polar surface area (TPSA) is 50.8 Å². The second-order valence-corrected chi connectivity index (χ2v) is 5.03. The summed E-state index contributed by atoms with van der Waals surface area (Å²) in [5.74, 6) is 0. The van der Waals surface area contributed by atoms with Crippen molar-refractivity contribution in [3.05, 3.63) is 53.6 Å². The van der Waals surface area contributed by atoms with Crippen molar-refractivity contribution in [2.24, 2.45) is 0 Å². The van der Waals surface area contributed by atoms with E-state index in [0.29, 0.717) is 11.1 Å². The van der Waals surface area contributed by atoms with E-state index in [0.717, 1.165) is 16.3 Å². The molecular formula is C16H13N3S. The maximum atomic E-state index is 9.38. The molecule has 0 amide bonds. The lowest BCUT2D eigenvalue weighted by atomic mass is 10.1. The van der Waals surface area contributed by atoms with Gasteiger partial charge < -0.3 is 4.90 Å². The first kappa shape index (κ1) is 14.0. The van der Waals surface area contributed by atoms with Gasteiger partial charge in [0.1, 0.15) is 6.07 Å². The Labute approximate surface area is 123 Å². The number of anilines is 2. The van der Waals surface area contributed by atoms with Crippen LogP contribution >= 0.6 is 11.8 Å². The number of benzene rings is 2. The monoisotopic (exact) mass is 279 g/mol. The van der Waals surface area contributed by atoms with Crippen molar-refractivity contribution in [3.8, 4) is 12.1 Å². The summed E-state index contributed by atoms with van der Waals surface area (Å²) in [6.07, 6.45) is 1.96. The average molecular weight is 279 g/mol. The summed E-state index contributed by atoms with van der Waals surface area (Å²) in [5.41, 5.74) is 3.11. The van der Waals surface area contributed by atoms with Crippen LogP contribution in [0.15, 0.2) is 47.4 Å². The molecule has 0 aliphatic rings. The van der Waals surface area contributed by atoms with Gasteiger partial charge in [0, 0.05) is 17.6 Å². The zero-order valence-corrected chi connectivity index (χ0v) is 12.1. The van der Waals surface area contributed by atoms with E-state index < -0.39 is 0 Å². The predicted molar refractivity (Wildman–Crippen MR) is 82.2 cm³/mol. The van der Waals surface area contributed by atoms with Crippen LogP contribution in [-0.4, -0.2) is 13.3 Å². The number of thioether (sulfide) groups is 1. The highest BCUT2D eigenvalue weighted by molar-refractivity contribution is 7.98. The average Bonchev–Trinajstić information content (AvgIpc) is 2.53. The number of nitrogens with zero attached hydrogens (tertiary/aromatic N) is 3. The SMILES string of the molecule is CSc1cccc(N(C)c2ccc(C#N)cc2)c1C#N. The highest BCUT2D eigenvalue weighted by Crippen LogP contribution is 2.32. The van der Waals surface area contributed by atoms with Crippen LogP contribution in [0.3, 0.4) is 0 Å². The number of hydrogen-bond donors (Lipinski definition) is 0. The van der Waals surface area contributed by atoms with E-state index in [1.807, 2.05) is 48.5 Å². The van der Waals surface area contributed by atoms with Gasteiger partial charge >= 0.3 is 0 Å². The van der Waals surface area contributed by atoms with E-state index in [1.165, 1.54) is 0 Å². The molecule has 0 heterocycles. The van der Waals surface area contributed by atoms with Crippen LogP contribution in [0.1, 0.15) is 11.1 Å². The summed E-state index contributed by atoms with van der Waals surface area (Å²) < 4.78 is 0. The minimum Gasteiger partial charge on any atom is -0.344 e. The Morgan fingerprint density at radius 1 is 1.00 bits per heavy atom. The summed E-state index contributed by atoms with van der Waals surface area (Å²) in [7, 11) is 1.92. The van der Waals surface area contributed by atoms with Crippen LogP contribution in [0.5, 0.6) is 0 Å². The Morgan fingerprint density at radius 2 is 1.70 bits per heavy atom. The van der Waals surface area contributed by atoms with Crippen molar-refractivity contribution in [2.75, 3.05) is 18.2 Å². The first-order chi connectivity index (χ1) is 9.71. The molecule has 0 aromatic heterocycles. The lowest BCUT2D eigenvalue weighted by Gasteiger charge is -2.21. The zero-order chi connectivity index (χ0) is 14.5. The molecule has 4 heteroatoms. The first-order valence-electron chi connectivity index (χ1n) is 6.02. The van der Waals surface area contributed by atoms with Crippen molar-refractivity contribution in [1.29, 1.82) is 10.5 Å². The van der Waals surface area contributed by atoms with Gasteiger partial charge in [0.2, 0.25) is 0 Å². The Hall–Kier alpha value is -2.43. The zero-order valence-electron chi connectivity index (χ0n) is 11.3. The van der Waals surface area contributed by atoms with E-state index >= 15 is 0 Å². The van der Waals surface area contributed by atoms with Gasteiger partial charge in [0.25, 0.3) is 0 Å². The molecule has 0 N–H and O–H groups in total. The molecule has 0 aliphatic carbocycles. The molecule has 0 radical (unpaired) electrons. The molecule has 20 heavy (non-hydrogen) atoms. The lowest BCUT2D eigenvalue weighted by Crippen LogP contribution is -2.11. The lowest BCUT2D eigenvalue weighted by molar-refractivity contribution is 1.18. The summed E-state index contributed by atoms with van der Waals surface area (Å²) in [5, 5.41) is 18.2. The van der Waals surface area contributed by atoms with E-state index in [4.69, 9.17) is 5.26 Å². The summed E-state index contributed by atoms with van der Waals surface area (Å²) in [6, 6.07) is 17.5. The van der Waals surface area contributed by atoms with E-state index in [1.54, 1.807) is 23.9 Å². The molecule has 0 saturated heterocycles. The van der Waals surface area contributed by atoms with Gasteiger partial charge in [-0.1, -0.05) is 6.07 Å². The molecule has 0 fully saturated rings. The van der Waals surface area contributed by atoms with Gasteiger partial charge in [0.15, 0.2) is 0 Å². The first-order valence-corrected chi connectivity index (χ1v) is 7.24. The van der Waals surface area contributed by atoms with E-state index in [2.05, 4.69) is 12.1 Å². The second-order valence-electron chi connectivity index (χ2n) is 4.18. The molecule has 2 aromatic rings. The Balaban J connectivity index is 2.45. The molecule has 0 saturated carbocycles. The largest absolute Gasteiger partial charge is 0.344 e. The summed E-state index contributed by atoms with van der Waals surface area (Å²) in [6.45, 7) is 0. The number of nitriles is 2. The third kappa shape index (κ3) is 2.61. The molecule has 0 atom stereocenters. The highest BCUT2D eigenvalue weighted by Gasteiger charge is 2.12. The fourth-order valence-electron chi connectivity index (χ4n) is 1.98. The fourth-order valence-corrected chi connectivity index (χ4v) is 2.55. The molecule has 2 rings (SSSR count). The van der Waals surface area contributed by atoms with Gasteiger partial charge in [-0.05, 0) is 42.7 Å². The fraction of sp³-hybridized carbons (Fsp3) is 0.125. The van der Waals surface area contributed by atoms with Crippen molar-refractivity contribution >= 4 is 23.1 Å². The van der Waals surface area contributed by atoms with Crippen molar-refractivity contribution in [1.82, 2.24) is 0 Å². The molecule has 98 valence electrons. The standard InChI is InChI=1S/C16H13N3S/c1-19(13-8-6-12(10-17)7-9-13)15-4-3-5-16(20-2)14(15)11-18/h3-9H,1-2H3. The third-order valence-corrected chi connectivity index (χ3v) is 3.86. The third-order valence-electron chi connectivity index (χ3n) is 3.08. The van der Waals surface area contributed by atoms with Crippen molar-refractivity contribution in [3.63, 3.8) is 0 Å². The Morgan fingerprint density at radius 3 is 2.25 bits per heavy atom. The summed E-state index contributed by atoms with van der Waals surface area (Å²) >= 11 is 1.56. The maximum absolute atomic E-state index is 9.38. The van der Waals surface area contributed by atoms with Crippen LogP contribution in [0.4, 0.5) is 11.4 Å². The molecule has 0 unspecified atom stereocenters. The molecule has 0 spiro atoms. The van der Waals surface area contributed by atoms with Gasteiger partial charge in [-0.3, -0.25) is 0 Å². The molecule has 0 bridgehead atoms. The number of rotatable bonds is 3. The minimum atomic E-state index is 0.625. The molecule has 0 aliphatic heterocycles. The van der Waals surface area contributed by atoms with Crippen LogP contribution in [-0.2, 0) is 0 Å². The molecular weight excluding hydrogens is 266 g/mol. The van der Waals surface area contributed by atoms with Crippen molar-refractivity contribution < 1.29 is 0 Å².